The minimum atomic E-state index is -3.33. The summed E-state index contributed by atoms with van der Waals surface area (Å²) in [5, 5.41) is 7.93. The maximum absolute atomic E-state index is 12.4. The van der Waals surface area contributed by atoms with Crippen molar-refractivity contribution >= 4 is 15.9 Å². The van der Waals surface area contributed by atoms with E-state index in [0.29, 0.717) is 41.4 Å². The van der Waals surface area contributed by atoms with Crippen molar-refractivity contribution in [3.63, 3.8) is 0 Å². The molecule has 1 aliphatic rings. The SMILES string of the molecule is Cc1ncc(-c2ccc(S(=O)(=O)C(C)C)cc2)nc1-c1nnc(N2CCC(CN)CC2)o1.[HH].[HH]. The Balaban J connectivity index is 0.00000204. The number of piperidine rings is 1. The first-order chi connectivity index (χ1) is 15.3. The van der Waals surface area contributed by atoms with Gasteiger partial charge >= 0.3 is 6.01 Å². The fraction of sp³-hybridized carbons (Fsp3) is 0.455. The molecule has 3 heterocycles. The second-order valence-electron chi connectivity index (χ2n) is 8.36. The molecule has 1 fully saturated rings. The highest BCUT2D eigenvalue weighted by molar-refractivity contribution is 7.92. The third kappa shape index (κ3) is 4.37. The molecule has 174 valence electrons. The molecule has 0 bridgehead atoms. The number of rotatable bonds is 6. The van der Waals surface area contributed by atoms with Gasteiger partial charge in [0.2, 0.25) is 0 Å². The highest BCUT2D eigenvalue weighted by Gasteiger charge is 2.24. The van der Waals surface area contributed by atoms with Crippen molar-refractivity contribution < 1.29 is 15.7 Å². The molecule has 0 unspecified atom stereocenters. The van der Waals surface area contributed by atoms with E-state index in [2.05, 4.69) is 25.1 Å². The summed E-state index contributed by atoms with van der Waals surface area (Å²) in [6.45, 7) is 7.54. The van der Waals surface area contributed by atoms with Gasteiger partial charge < -0.3 is 15.1 Å². The van der Waals surface area contributed by atoms with Crippen molar-refractivity contribution in [1.29, 1.82) is 0 Å². The molecule has 0 saturated carbocycles. The molecular formula is C22H32N6O3S. The summed E-state index contributed by atoms with van der Waals surface area (Å²) in [4.78, 5) is 11.5. The molecule has 32 heavy (non-hydrogen) atoms. The Morgan fingerprint density at radius 2 is 1.88 bits per heavy atom. The number of nitrogens with two attached hydrogens (primary N) is 1. The minimum Gasteiger partial charge on any atom is -0.401 e. The number of aromatic nitrogens is 4. The van der Waals surface area contributed by atoms with Gasteiger partial charge in [0.25, 0.3) is 5.89 Å². The summed E-state index contributed by atoms with van der Waals surface area (Å²) in [6.07, 6.45) is 3.66. The van der Waals surface area contributed by atoms with Gasteiger partial charge in [0.15, 0.2) is 9.84 Å². The van der Waals surface area contributed by atoms with Crippen LogP contribution in [0.1, 0.15) is 35.2 Å². The predicted octanol–water partition coefficient (Wildman–Crippen LogP) is 3.35. The van der Waals surface area contributed by atoms with Crippen molar-refractivity contribution in [1.82, 2.24) is 20.2 Å². The van der Waals surface area contributed by atoms with Crippen molar-refractivity contribution in [2.24, 2.45) is 11.7 Å². The summed E-state index contributed by atoms with van der Waals surface area (Å²) in [5.41, 5.74) is 8.31. The zero-order valence-corrected chi connectivity index (χ0v) is 19.3. The van der Waals surface area contributed by atoms with Crippen LogP contribution in [0.3, 0.4) is 0 Å². The van der Waals surface area contributed by atoms with Crippen LogP contribution in [0.15, 0.2) is 39.8 Å². The lowest BCUT2D eigenvalue weighted by atomic mass is 9.97. The van der Waals surface area contributed by atoms with E-state index in [1.807, 2.05) is 6.92 Å². The Morgan fingerprint density at radius 1 is 1.19 bits per heavy atom. The van der Waals surface area contributed by atoms with E-state index in [1.165, 1.54) is 0 Å². The number of hydrogen-bond donors (Lipinski definition) is 1. The van der Waals surface area contributed by atoms with Crippen LogP contribution in [0, 0.1) is 12.8 Å². The Kier molecular flexibility index (Phi) is 6.25. The maximum Gasteiger partial charge on any atom is 0.318 e. The lowest BCUT2D eigenvalue weighted by Crippen LogP contribution is -2.36. The molecule has 2 aromatic heterocycles. The van der Waals surface area contributed by atoms with Gasteiger partial charge in [0.1, 0.15) is 5.69 Å². The standard InChI is InChI=1S/C22H28N6O3S.2H2/c1-14(2)32(29,30)18-6-4-17(5-7-18)19-13-24-15(3)20(25-19)21-26-27-22(31-21)28-10-8-16(12-23)9-11-28;;/h4-7,13-14,16H,8-12,23H2,1-3H3;2*1H. The average Bonchev–Trinajstić information content (AvgIpc) is 3.29. The van der Waals surface area contributed by atoms with E-state index >= 15 is 0 Å². The molecule has 2 N–H and O–H groups in total. The van der Waals surface area contributed by atoms with E-state index in [0.717, 1.165) is 31.5 Å². The Morgan fingerprint density at radius 3 is 2.50 bits per heavy atom. The number of sulfone groups is 1. The number of nitrogens with zero attached hydrogens (tertiary/aromatic N) is 5. The molecule has 0 aliphatic carbocycles. The van der Waals surface area contributed by atoms with Crippen LogP contribution < -0.4 is 10.6 Å². The average molecular weight is 461 g/mol. The van der Waals surface area contributed by atoms with Crippen molar-refractivity contribution in [3.05, 3.63) is 36.2 Å². The van der Waals surface area contributed by atoms with Gasteiger partial charge in [0, 0.05) is 21.5 Å². The maximum atomic E-state index is 12.4. The second-order valence-corrected chi connectivity index (χ2v) is 10.9. The van der Waals surface area contributed by atoms with E-state index in [4.69, 9.17) is 10.2 Å². The summed E-state index contributed by atoms with van der Waals surface area (Å²) in [7, 11) is -3.33. The number of anilines is 1. The van der Waals surface area contributed by atoms with E-state index in [9.17, 15) is 8.42 Å². The number of aryl methyl sites for hydroxylation is 1. The molecule has 0 radical (unpaired) electrons. The quantitative estimate of drug-likeness (QED) is 0.589. The normalized spacial score (nSPS) is 15.5. The molecule has 0 atom stereocenters. The zero-order chi connectivity index (χ0) is 22.9. The fourth-order valence-corrected chi connectivity index (χ4v) is 4.74. The van der Waals surface area contributed by atoms with Gasteiger partial charge in [-0.15, -0.1) is 5.10 Å². The molecular weight excluding hydrogens is 428 g/mol. The molecule has 1 saturated heterocycles. The Bertz CT molecular complexity index is 1190. The van der Waals surface area contributed by atoms with Crippen molar-refractivity contribution in [2.75, 3.05) is 24.5 Å². The van der Waals surface area contributed by atoms with Gasteiger partial charge in [0.05, 0.1) is 27.7 Å². The predicted molar refractivity (Wildman–Crippen MR) is 126 cm³/mol. The highest BCUT2D eigenvalue weighted by Crippen LogP contribution is 2.28. The fourth-order valence-electron chi connectivity index (χ4n) is 3.68. The number of hydrogen-bond acceptors (Lipinski definition) is 9. The van der Waals surface area contributed by atoms with Crippen LogP contribution in [0.5, 0.6) is 0 Å². The third-order valence-corrected chi connectivity index (χ3v) is 8.06. The first-order valence-corrected chi connectivity index (χ1v) is 12.3. The largest absolute Gasteiger partial charge is 0.401 e. The van der Waals surface area contributed by atoms with E-state index in [-0.39, 0.29) is 7.75 Å². The molecule has 1 aromatic carbocycles. The first kappa shape index (κ1) is 22.3. The monoisotopic (exact) mass is 460 g/mol. The molecule has 0 spiro atoms. The highest BCUT2D eigenvalue weighted by atomic mass is 32.2. The van der Waals surface area contributed by atoms with Gasteiger partial charge in [-0.05, 0) is 58.2 Å². The van der Waals surface area contributed by atoms with Crippen LogP contribution in [0.2, 0.25) is 0 Å². The van der Waals surface area contributed by atoms with Gasteiger partial charge in [-0.25, -0.2) is 13.4 Å². The van der Waals surface area contributed by atoms with E-state index < -0.39 is 15.1 Å². The minimum absolute atomic E-state index is 0. The topological polar surface area (TPSA) is 128 Å². The summed E-state index contributed by atoms with van der Waals surface area (Å²) in [6, 6.07) is 7.15. The van der Waals surface area contributed by atoms with Crippen LogP contribution in [0.25, 0.3) is 22.8 Å². The van der Waals surface area contributed by atoms with Gasteiger partial charge in [-0.2, -0.15) is 0 Å². The molecule has 0 amide bonds. The van der Waals surface area contributed by atoms with Gasteiger partial charge in [-0.1, -0.05) is 17.2 Å². The molecule has 4 rings (SSSR count). The smallest absolute Gasteiger partial charge is 0.318 e. The Hall–Kier alpha value is -2.85. The summed E-state index contributed by atoms with van der Waals surface area (Å²) in [5.74, 6) is 0.854. The Labute approximate surface area is 191 Å². The lowest BCUT2D eigenvalue weighted by Gasteiger charge is -2.29. The lowest BCUT2D eigenvalue weighted by molar-refractivity contribution is 0.396. The van der Waals surface area contributed by atoms with Crippen LogP contribution >= 0.6 is 0 Å². The molecule has 9 nitrogen and oxygen atoms in total. The summed E-state index contributed by atoms with van der Waals surface area (Å²) < 4.78 is 30.7. The first-order valence-electron chi connectivity index (χ1n) is 10.8. The zero-order valence-electron chi connectivity index (χ0n) is 18.5. The number of benzene rings is 1. The second kappa shape index (κ2) is 8.95. The van der Waals surface area contributed by atoms with Gasteiger partial charge in [-0.3, -0.25) is 4.98 Å². The van der Waals surface area contributed by atoms with E-state index in [1.54, 1.807) is 44.3 Å². The van der Waals surface area contributed by atoms with Crippen molar-refractivity contribution in [2.45, 2.75) is 43.8 Å². The van der Waals surface area contributed by atoms with Crippen molar-refractivity contribution in [3.8, 4) is 22.8 Å². The van der Waals surface area contributed by atoms with Crippen LogP contribution in [-0.4, -0.2) is 53.5 Å². The van der Waals surface area contributed by atoms with Crippen LogP contribution in [0.4, 0.5) is 6.01 Å². The third-order valence-electron chi connectivity index (χ3n) is 5.89. The molecule has 10 heteroatoms. The molecule has 1 aliphatic heterocycles. The summed E-state index contributed by atoms with van der Waals surface area (Å²) >= 11 is 0. The molecule has 3 aromatic rings. The van der Waals surface area contributed by atoms with Crippen LogP contribution in [-0.2, 0) is 9.84 Å².